The van der Waals surface area contributed by atoms with Crippen LogP contribution in [0.3, 0.4) is 0 Å². The molecule has 7 nitrogen and oxygen atoms in total. The number of carbonyl (C=O) groups excluding carboxylic acids is 1. The van der Waals surface area contributed by atoms with Crippen LogP contribution in [0.2, 0.25) is 0 Å². The predicted molar refractivity (Wildman–Crippen MR) is 101 cm³/mol. The van der Waals surface area contributed by atoms with Crippen molar-refractivity contribution in [1.29, 1.82) is 5.26 Å². The molecule has 1 aliphatic rings. The van der Waals surface area contributed by atoms with E-state index >= 15 is 0 Å². The van der Waals surface area contributed by atoms with Crippen LogP contribution in [-0.2, 0) is 21.4 Å². The molecule has 0 unspecified atom stereocenters. The zero-order valence-corrected chi connectivity index (χ0v) is 16.2. The van der Waals surface area contributed by atoms with E-state index in [0.29, 0.717) is 18.7 Å². The first-order chi connectivity index (χ1) is 13.5. The molecular formula is C20H20N2O5S. The number of methoxy groups -OCH3 is 1. The van der Waals surface area contributed by atoms with Gasteiger partial charge in [0, 0.05) is 13.1 Å². The Morgan fingerprint density at radius 1 is 1.14 bits per heavy atom. The van der Waals surface area contributed by atoms with Crippen molar-refractivity contribution in [1.82, 2.24) is 4.31 Å². The van der Waals surface area contributed by atoms with Crippen molar-refractivity contribution in [2.75, 3.05) is 20.2 Å². The quantitative estimate of drug-likeness (QED) is 0.692. The molecule has 2 aromatic carbocycles. The molecule has 0 aromatic heterocycles. The third kappa shape index (κ3) is 4.16. The molecule has 0 amide bonds. The van der Waals surface area contributed by atoms with Gasteiger partial charge in [0.2, 0.25) is 10.0 Å². The van der Waals surface area contributed by atoms with Crippen LogP contribution in [0.15, 0.2) is 47.4 Å². The molecule has 0 aliphatic carbocycles. The topological polar surface area (TPSA) is 96.7 Å². The van der Waals surface area contributed by atoms with Gasteiger partial charge in [-0.25, -0.2) is 13.2 Å². The first-order valence-corrected chi connectivity index (χ1v) is 10.2. The molecule has 146 valence electrons. The van der Waals surface area contributed by atoms with Crippen molar-refractivity contribution in [3.05, 3.63) is 59.2 Å². The molecule has 8 heteroatoms. The van der Waals surface area contributed by atoms with Crippen molar-refractivity contribution < 1.29 is 22.7 Å². The van der Waals surface area contributed by atoms with Crippen LogP contribution in [-0.4, -0.2) is 38.9 Å². The smallest absolute Gasteiger partial charge is 0.341 e. The first kappa shape index (κ1) is 19.9. The van der Waals surface area contributed by atoms with Gasteiger partial charge >= 0.3 is 5.97 Å². The lowest BCUT2D eigenvalue weighted by atomic mass is 10.1. The second-order valence-corrected chi connectivity index (χ2v) is 8.30. The van der Waals surface area contributed by atoms with Crippen LogP contribution >= 0.6 is 0 Å². The molecule has 1 aliphatic heterocycles. The van der Waals surface area contributed by atoms with E-state index in [1.165, 1.54) is 29.6 Å². The Balaban J connectivity index is 1.86. The highest BCUT2D eigenvalue weighted by Gasteiger charge is 2.28. The second kappa shape index (κ2) is 8.42. The van der Waals surface area contributed by atoms with Gasteiger partial charge in [-0.3, -0.25) is 0 Å². The summed E-state index contributed by atoms with van der Waals surface area (Å²) in [4.78, 5) is 12.2. The summed E-state index contributed by atoms with van der Waals surface area (Å²) in [6, 6.07) is 13.1. The molecule has 0 N–H and O–H groups in total. The monoisotopic (exact) mass is 400 g/mol. The fraction of sp³-hybridized carbons (Fsp3) is 0.300. The Labute approximate surface area is 164 Å². The zero-order valence-electron chi connectivity index (χ0n) is 15.4. The first-order valence-electron chi connectivity index (χ1n) is 8.80. The van der Waals surface area contributed by atoms with Crippen molar-refractivity contribution in [2.24, 2.45) is 0 Å². The highest BCUT2D eigenvalue weighted by Crippen LogP contribution is 2.27. The average molecular weight is 400 g/mol. The van der Waals surface area contributed by atoms with Gasteiger partial charge in [0.25, 0.3) is 0 Å². The number of hydrogen-bond acceptors (Lipinski definition) is 6. The summed E-state index contributed by atoms with van der Waals surface area (Å²) in [6.45, 7) is 1.12. The summed E-state index contributed by atoms with van der Waals surface area (Å²) in [5, 5.41) is 8.85. The summed E-state index contributed by atoms with van der Waals surface area (Å²) in [6.07, 6.45) is 1.66. The summed E-state index contributed by atoms with van der Waals surface area (Å²) in [5.41, 5.74) is 1.40. The molecule has 0 radical (unpaired) electrons. The van der Waals surface area contributed by atoms with Gasteiger partial charge < -0.3 is 9.47 Å². The lowest BCUT2D eigenvalue weighted by molar-refractivity contribution is 0.0595. The third-order valence-electron chi connectivity index (χ3n) is 4.54. The Morgan fingerprint density at radius 3 is 2.43 bits per heavy atom. The SMILES string of the molecule is COC(=O)c1cc(S(=O)(=O)N2CCCC2)ccc1OCc1ccc(C#N)cc1. The minimum atomic E-state index is -3.66. The minimum absolute atomic E-state index is 0.0422. The lowest BCUT2D eigenvalue weighted by Gasteiger charge is -2.17. The van der Waals surface area contributed by atoms with E-state index in [2.05, 4.69) is 0 Å². The Hall–Kier alpha value is -2.89. The van der Waals surface area contributed by atoms with Crippen molar-refractivity contribution >= 4 is 16.0 Å². The highest BCUT2D eigenvalue weighted by molar-refractivity contribution is 7.89. The van der Waals surface area contributed by atoms with Crippen LogP contribution in [0.4, 0.5) is 0 Å². The number of nitrogens with zero attached hydrogens (tertiary/aromatic N) is 2. The van der Waals surface area contributed by atoms with Crippen LogP contribution in [0, 0.1) is 11.3 Å². The largest absolute Gasteiger partial charge is 0.488 e. The van der Waals surface area contributed by atoms with E-state index in [-0.39, 0.29) is 22.8 Å². The van der Waals surface area contributed by atoms with Crippen molar-refractivity contribution in [3.8, 4) is 11.8 Å². The number of ether oxygens (including phenoxy) is 2. The lowest BCUT2D eigenvalue weighted by Crippen LogP contribution is -2.28. The highest BCUT2D eigenvalue weighted by atomic mass is 32.2. The molecule has 0 bridgehead atoms. The molecule has 1 fully saturated rings. The van der Waals surface area contributed by atoms with E-state index in [1.807, 2.05) is 6.07 Å². The number of sulfonamides is 1. The maximum absolute atomic E-state index is 12.8. The van der Waals surface area contributed by atoms with Gasteiger partial charge in [-0.05, 0) is 48.7 Å². The number of rotatable bonds is 6. The predicted octanol–water partition coefficient (Wildman–Crippen LogP) is 2.71. The number of benzene rings is 2. The molecule has 1 saturated heterocycles. The number of nitriles is 1. The maximum Gasteiger partial charge on any atom is 0.341 e. The van der Waals surface area contributed by atoms with Crippen molar-refractivity contribution in [3.63, 3.8) is 0 Å². The Morgan fingerprint density at radius 2 is 1.82 bits per heavy atom. The van der Waals surface area contributed by atoms with E-state index in [1.54, 1.807) is 24.3 Å². The summed E-state index contributed by atoms with van der Waals surface area (Å²) in [7, 11) is -2.42. The van der Waals surface area contributed by atoms with Crippen molar-refractivity contribution in [2.45, 2.75) is 24.3 Å². The molecule has 0 spiro atoms. The molecule has 1 heterocycles. The van der Waals surface area contributed by atoms with Crippen LogP contribution < -0.4 is 4.74 Å². The standard InChI is InChI=1S/C20H20N2O5S/c1-26-20(23)18-12-17(28(24,25)22-10-2-3-11-22)8-9-19(18)27-14-16-6-4-15(13-21)5-7-16/h4-9,12H,2-3,10-11,14H2,1H3. The number of carbonyl (C=O) groups is 1. The normalized spacial score (nSPS) is 14.4. The Kier molecular flexibility index (Phi) is 5.97. The average Bonchev–Trinajstić information content (AvgIpc) is 3.27. The summed E-state index contributed by atoms with van der Waals surface area (Å²) in [5.74, 6) is -0.440. The molecule has 0 saturated carbocycles. The number of esters is 1. The molecule has 28 heavy (non-hydrogen) atoms. The Bertz CT molecular complexity index is 1000. The van der Waals surface area contributed by atoms with Crippen LogP contribution in [0.1, 0.15) is 34.3 Å². The molecule has 3 rings (SSSR count). The fourth-order valence-electron chi connectivity index (χ4n) is 2.98. The maximum atomic E-state index is 12.8. The molecule has 2 aromatic rings. The number of hydrogen-bond donors (Lipinski definition) is 0. The van der Waals surface area contributed by atoms with Gasteiger partial charge in [0.05, 0.1) is 23.6 Å². The summed E-state index contributed by atoms with van der Waals surface area (Å²) < 4.78 is 37.4. The zero-order chi connectivity index (χ0) is 20.1. The van der Waals surface area contributed by atoms with Gasteiger partial charge in [-0.1, -0.05) is 12.1 Å². The van der Waals surface area contributed by atoms with E-state index in [9.17, 15) is 13.2 Å². The van der Waals surface area contributed by atoms with Crippen LogP contribution in [0.5, 0.6) is 5.75 Å². The van der Waals surface area contributed by atoms with Gasteiger partial charge in [0.15, 0.2) is 0 Å². The molecular weight excluding hydrogens is 380 g/mol. The fourth-order valence-corrected chi connectivity index (χ4v) is 4.52. The molecule has 0 atom stereocenters. The van der Waals surface area contributed by atoms with Crippen LogP contribution in [0.25, 0.3) is 0 Å². The third-order valence-corrected chi connectivity index (χ3v) is 6.43. The van der Waals surface area contributed by atoms with E-state index in [4.69, 9.17) is 14.7 Å². The van der Waals surface area contributed by atoms with Gasteiger partial charge in [-0.15, -0.1) is 0 Å². The van der Waals surface area contributed by atoms with Gasteiger partial charge in [-0.2, -0.15) is 9.57 Å². The van der Waals surface area contributed by atoms with Gasteiger partial charge in [0.1, 0.15) is 17.9 Å². The van der Waals surface area contributed by atoms with E-state index in [0.717, 1.165) is 18.4 Å². The minimum Gasteiger partial charge on any atom is -0.488 e. The second-order valence-electron chi connectivity index (χ2n) is 6.36. The summed E-state index contributed by atoms with van der Waals surface area (Å²) >= 11 is 0. The van der Waals surface area contributed by atoms with E-state index < -0.39 is 16.0 Å².